The van der Waals surface area contributed by atoms with E-state index in [0.29, 0.717) is 5.69 Å². The molecule has 0 aliphatic carbocycles. The van der Waals surface area contributed by atoms with Crippen LogP contribution in [0.2, 0.25) is 0 Å². The minimum absolute atomic E-state index is 0.102. The number of nitrogens with zero attached hydrogens (tertiary/aromatic N) is 3. The van der Waals surface area contributed by atoms with Gasteiger partial charge in [0.05, 0.1) is 18.4 Å². The Morgan fingerprint density at radius 1 is 1.48 bits per heavy atom. The second-order valence-corrected chi connectivity index (χ2v) is 4.33. The Kier molecular flexibility index (Phi) is 4.26. The third-order valence-electron chi connectivity index (χ3n) is 2.43. The van der Waals surface area contributed by atoms with Crippen molar-refractivity contribution >= 4 is 21.9 Å². The van der Waals surface area contributed by atoms with Crippen LogP contribution in [0.15, 0.2) is 16.8 Å². The monoisotopic (exact) mass is 365 g/mol. The quantitative estimate of drug-likeness (QED) is 0.614. The molecule has 21 heavy (non-hydrogen) atoms. The molecule has 2 rings (SSSR count). The molecule has 2 aromatic rings. The predicted octanol–water partition coefficient (Wildman–Crippen LogP) is 2.83. The number of ether oxygens (including phenoxy) is 1. The van der Waals surface area contributed by atoms with Crippen molar-refractivity contribution in [2.24, 2.45) is 0 Å². The first-order valence-corrected chi connectivity index (χ1v) is 6.53. The van der Waals surface area contributed by atoms with Crippen LogP contribution in [0.1, 0.15) is 21.9 Å². The zero-order valence-electron chi connectivity index (χ0n) is 10.4. The minimum Gasteiger partial charge on any atom is -0.465 e. The lowest BCUT2D eigenvalue weighted by Crippen LogP contribution is -2.07. The third-order valence-corrected chi connectivity index (χ3v) is 2.96. The van der Waals surface area contributed by atoms with Crippen LogP contribution in [0.25, 0.3) is 11.4 Å². The molecule has 0 aliphatic rings. The Balaban J connectivity index is 2.45. The number of pyridine rings is 1. The average Bonchev–Trinajstić information content (AvgIpc) is 2.95. The van der Waals surface area contributed by atoms with Crippen molar-refractivity contribution in [2.45, 2.75) is 11.5 Å². The first-order valence-electron chi connectivity index (χ1n) is 5.41. The molecule has 0 saturated carbocycles. The largest absolute Gasteiger partial charge is 0.471 e. The first kappa shape index (κ1) is 15.4. The molecule has 2 heterocycles. The van der Waals surface area contributed by atoms with Gasteiger partial charge in [-0.1, -0.05) is 21.1 Å². The highest BCUT2D eigenvalue weighted by atomic mass is 79.9. The second-order valence-electron chi connectivity index (χ2n) is 3.76. The molecule has 0 spiro atoms. The van der Waals surface area contributed by atoms with Crippen molar-refractivity contribution < 1.29 is 27.2 Å². The van der Waals surface area contributed by atoms with Crippen LogP contribution in [0, 0.1) is 0 Å². The van der Waals surface area contributed by atoms with Crippen LogP contribution in [-0.2, 0) is 16.2 Å². The lowest BCUT2D eigenvalue weighted by atomic mass is 10.1. The number of carbonyl (C=O) groups excluding carboxylic acids is 1. The van der Waals surface area contributed by atoms with E-state index in [2.05, 4.69) is 40.3 Å². The molecule has 0 radical (unpaired) electrons. The van der Waals surface area contributed by atoms with Gasteiger partial charge in [0.15, 0.2) is 0 Å². The van der Waals surface area contributed by atoms with Crippen LogP contribution in [0.4, 0.5) is 13.2 Å². The van der Waals surface area contributed by atoms with Gasteiger partial charge in [0.1, 0.15) is 0 Å². The Morgan fingerprint density at radius 2 is 2.19 bits per heavy atom. The highest BCUT2D eigenvalue weighted by Crippen LogP contribution is 2.29. The van der Waals surface area contributed by atoms with E-state index < -0.39 is 18.0 Å². The maximum absolute atomic E-state index is 12.4. The van der Waals surface area contributed by atoms with Crippen molar-refractivity contribution in [3.05, 3.63) is 29.4 Å². The second kappa shape index (κ2) is 5.80. The summed E-state index contributed by atoms with van der Waals surface area (Å²) in [5.74, 6) is -2.46. The molecule has 0 unspecified atom stereocenters. The van der Waals surface area contributed by atoms with Crippen molar-refractivity contribution in [2.75, 3.05) is 7.11 Å². The van der Waals surface area contributed by atoms with Crippen LogP contribution >= 0.6 is 15.9 Å². The fourth-order valence-electron chi connectivity index (χ4n) is 1.46. The van der Waals surface area contributed by atoms with Gasteiger partial charge in [-0.3, -0.25) is 4.98 Å². The zero-order chi connectivity index (χ0) is 15.6. The summed E-state index contributed by atoms with van der Waals surface area (Å²) in [5.41, 5.74) is 0.592. The summed E-state index contributed by atoms with van der Waals surface area (Å²) in [4.78, 5) is 18.8. The van der Waals surface area contributed by atoms with E-state index in [0.717, 1.165) is 0 Å². The predicted molar refractivity (Wildman–Crippen MR) is 66.5 cm³/mol. The van der Waals surface area contributed by atoms with Gasteiger partial charge >= 0.3 is 18.0 Å². The van der Waals surface area contributed by atoms with Gasteiger partial charge in [-0.15, -0.1) is 0 Å². The van der Waals surface area contributed by atoms with E-state index in [4.69, 9.17) is 0 Å². The van der Waals surface area contributed by atoms with Crippen molar-refractivity contribution in [3.8, 4) is 11.4 Å². The summed E-state index contributed by atoms with van der Waals surface area (Å²) < 4.78 is 45.9. The van der Waals surface area contributed by atoms with Crippen LogP contribution in [0.5, 0.6) is 0 Å². The SMILES string of the molecule is COC(=O)c1cc(-c2noc(C(F)(F)F)n2)cnc1CBr. The van der Waals surface area contributed by atoms with Gasteiger partial charge < -0.3 is 9.26 Å². The Bertz CT molecular complexity index is 672. The van der Waals surface area contributed by atoms with Crippen LogP contribution in [0.3, 0.4) is 0 Å². The number of alkyl halides is 4. The molecular weight excluding hydrogens is 359 g/mol. The lowest BCUT2D eigenvalue weighted by molar-refractivity contribution is -0.159. The molecule has 0 aliphatic heterocycles. The number of esters is 1. The smallest absolute Gasteiger partial charge is 0.465 e. The third kappa shape index (κ3) is 3.20. The molecule has 0 atom stereocenters. The van der Waals surface area contributed by atoms with Gasteiger partial charge in [0, 0.05) is 17.1 Å². The zero-order valence-corrected chi connectivity index (χ0v) is 12.0. The Morgan fingerprint density at radius 3 is 2.71 bits per heavy atom. The molecule has 10 heteroatoms. The molecule has 112 valence electrons. The van der Waals surface area contributed by atoms with Crippen molar-refractivity contribution in [1.82, 2.24) is 15.1 Å². The normalized spacial score (nSPS) is 11.5. The van der Waals surface area contributed by atoms with Crippen molar-refractivity contribution in [3.63, 3.8) is 0 Å². The Hall–Kier alpha value is -1.97. The number of aromatic nitrogens is 3. The van der Waals surface area contributed by atoms with Gasteiger partial charge in [0.2, 0.25) is 5.82 Å². The molecule has 0 fully saturated rings. The van der Waals surface area contributed by atoms with E-state index >= 15 is 0 Å². The Labute approximate surface area is 124 Å². The number of hydrogen-bond acceptors (Lipinski definition) is 6. The van der Waals surface area contributed by atoms with Crippen LogP contribution < -0.4 is 0 Å². The number of carbonyl (C=O) groups is 1. The highest BCUT2D eigenvalue weighted by molar-refractivity contribution is 9.08. The fourth-order valence-corrected chi connectivity index (χ4v) is 1.91. The minimum atomic E-state index is -4.74. The molecular formula is C11H7BrF3N3O3. The molecule has 0 N–H and O–H groups in total. The molecule has 0 saturated heterocycles. The summed E-state index contributed by atoms with van der Waals surface area (Å²) >= 11 is 3.15. The molecule has 0 bridgehead atoms. The standard InChI is InChI=1S/C11H7BrF3N3O3/c1-20-9(19)6-2-5(4-16-7(6)3-12)8-17-10(21-18-8)11(13,14)15/h2,4H,3H2,1H3. The molecule has 0 amide bonds. The van der Waals surface area contributed by atoms with Gasteiger partial charge in [-0.05, 0) is 6.07 Å². The summed E-state index contributed by atoms with van der Waals surface area (Å²) in [6.45, 7) is 0. The van der Waals surface area contributed by atoms with Gasteiger partial charge in [-0.25, -0.2) is 4.79 Å². The van der Waals surface area contributed by atoms with E-state index in [1.807, 2.05) is 0 Å². The van der Waals surface area contributed by atoms with Crippen molar-refractivity contribution in [1.29, 1.82) is 0 Å². The fraction of sp³-hybridized carbons (Fsp3) is 0.273. The van der Waals surface area contributed by atoms with E-state index in [1.165, 1.54) is 19.4 Å². The van der Waals surface area contributed by atoms with E-state index in [9.17, 15) is 18.0 Å². The summed E-state index contributed by atoms with van der Waals surface area (Å²) in [5, 5.41) is 3.50. The maximum atomic E-state index is 12.4. The first-order chi connectivity index (χ1) is 9.86. The van der Waals surface area contributed by atoms with Crippen LogP contribution in [-0.4, -0.2) is 28.2 Å². The van der Waals surface area contributed by atoms with E-state index in [-0.39, 0.29) is 22.3 Å². The molecule has 0 aromatic carbocycles. The number of hydrogen-bond donors (Lipinski definition) is 0. The highest BCUT2D eigenvalue weighted by Gasteiger charge is 2.38. The number of halogens is 4. The van der Waals surface area contributed by atoms with Gasteiger partial charge in [0.25, 0.3) is 0 Å². The molecule has 2 aromatic heterocycles. The summed E-state index contributed by atoms with van der Waals surface area (Å²) in [7, 11) is 1.18. The summed E-state index contributed by atoms with van der Waals surface area (Å²) in [6, 6.07) is 1.29. The number of methoxy groups -OCH3 is 1. The van der Waals surface area contributed by atoms with Gasteiger partial charge in [-0.2, -0.15) is 18.2 Å². The summed E-state index contributed by atoms with van der Waals surface area (Å²) in [6.07, 6.45) is -3.49. The van der Waals surface area contributed by atoms with E-state index in [1.54, 1.807) is 0 Å². The lowest BCUT2D eigenvalue weighted by Gasteiger charge is -2.05. The average molecular weight is 366 g/mol. The maximum Gasteiger partial charge on any atom is 0.471 e. The topological polar surface area (TPSA) is 78.1 Å². The number of rotatable bonds is 3. The molecule has 6 nitrogen and oxygen atoms in total.